The minimum absolute atomic E-state index is 0.0692. The van der Waals surface area contributed by atoms with E-state index in [0.717, 1.165) is 5.52 Å². The zero-order valence-electron chi connectivity index (χ0n) is 13.5. The molecule has 0 amide bonds. The second-order valence-electron chi connectivity index (χ2n) is 5.17. The Kier molecular flexibility index (Phi) is 4.33. The van der Waals surface area contributed by atoms with E-state index in [1.807, 2.05) is 22.8 Å². The Morgan fingerprint density at radius 3 is 2.62 bits per heavy atom. The molecule has 0 aliphatic carbocycles. The molecule has 3 aromatic rings. The number of aromatic nitrogens is 1. The average molecular weight is 323 g/mol. The van der Waals surface area contributed by atoms with Gasteiger partial charge in [0.2, 0.25) is 0 Å². The van der Waals surface area contributed by atoms with E-state index >= 15 is 0 Å². The molecule has 0 aliphatic rings. The molecule has 0 fully saturated rings. The molecule has 3 rings (SSSR count). The van der Waals surface area contributed by atoms with Gasteiger partial charge in [-0.1, -0.05) is 12.1 Å². The number of para-hydroxylation sites is 1. The number of methoxy groups -OCH3 is 1. The Bertz CT molecular complexity index is 1000. The van der Waals surface area contributed by atoms with Crippen molar-refractivity contribution in [3.05, 3.63) is 58.8 Å². The Balaban J connectivity index is 2.33. The maximum Gasteiger partial charge on any atom is 0.332 e. The summed E-state index contributed by atoms with van der Waals surface area (Å²) in [6, 6.07) is 12.6. The first-order valence-electron chi connectivity index (χ1n) is 7.61. The number of rotatable bonds is 4. The molecule has 122 valence electrons. The normalized spacial score (nSPS) is 11.2. The van der Waals surface area contributed by atoms with Crippen LogP contribution >= 0.6 is 0 Å². The highest BCUT2D eigenvalue weighted by molar-refractivity contribution is 5.97. The van der Waals surface area contributed by atoms with Crippen molar-refractivity contribution in [2.75, 3.05) is 13.7 Å². The molecular weight excluding hydrogens is 306 g/mol. The lowest BCUT2D eigenvalue weighted by atomic mass is 10.1. The van der Waals surface area contributed by atoms with Crippen molar-refractivity contribution in [2.24, 2.45) is 0 Å². The topological polar surface area (TPSA) is 57.5 Å². The zero-order valence-corrected chi connectivity index (χ0v) is 13.5. The Hall–Kier alpha value is -3.08. The van der Waals surface area contributed by atoms with E-state index in [1.54, 1.807) is 44.5 Å². The monoisotopic (exact) mass is 323 g/mol. The number of carbonyl (C=O) groups is 1. The number of esters is 1. The summed E-state index contributed by atoms with van der Waals surface area (Å²) < 4.78 is 12.0. The predicted molar refractivity (Wildman–Crippen MR) is 94.2 cm³/mol. The number of hydrogen-bond acceptors (Lipinski definition) is 4. The Morgan fingerprint density at radius 1 is 1.12 bits per heavy atom. The molecule has 0 spiro atoms. The average Bonchev–Trinajstić information content (AvgIpc) is 2.61. The van der Waals surface area contributed by atoms with E-state index in [1.165, 1.54) is 6.08 Å². The molecular formula is C19H17NO4. The zero-order chi connectivity index (χ0) is 17.1. The first-order valence-corrected chi connectivity index (χ1v) is 7.61. The second-order valence-corrected chi connectivity index (χ2v) is 5.17. The van der Waals surface area contributed by atoms with Gasteiger partial charge in [-0.3, -0.25) is 4.79 Å². The Morgan fingerprint density at radius 2 is 1.88 bits per heavy atom. The summed E-state index contributed by atoms with van der Waals surface area (Å²) in [4.78, 5) is 24.4. The highest BCUT2D eigenvalue weighted by Crippen LogP contribution is 2.23. The van der Waals surface area contributed by atoms with Crippen LogP contribution in [0, 0.1) is 0 Å². The summed E-state index contributed by atoms with van der Waals surface area (Å²) in [5.74, 6) is 0.178. The second kappa shape index (κ2) is 6.58. The SMILES string of the molecule is CCOC(=O)/C=C/n1c2ccccc2c(=O)c2cc(OC)ccc21. The lowest BCUT2D eigenvalue weighted by Crippen LogP contribution is -2.09. The van der Waals surface area contributed by atoms with Crippen LogP contribution in [-0.4, -0.2) is 24.3 Å². The predicted octanol–water partition coefficient (Wildman–Crippen LogP) is 3.20. The lowest BCUT2D eigenvalue weighted by molar-refractivity contribution is -0.137. The summed E-state index contributed by atoms with van der Waals surface area (Å²) in [7, 11) is 1.56. The van der Waals surface area contributed by atoms with Crippen LogP contribution in [0.5, 0.6) is 5.75 Å². The number of pyridine rings is 1. The number of fused-ring (bicyclic) bond motifs is 2. The van der Waals surface area contributed by atoms with E-state index in [-0.39, 0.29) is 5.43 Å². The van der Waals surface area contributed by atoms with Gasteiger partial charge < -0.3 is 14.0 Å². The third kappa shape index (κ3) is 2.76. The van der Waals surface area contributed by atoms with Crippen LogP contribution in [0.2, 0.25) is 0 Å². The molecule has 24 heavy (non-hydrogen) atoms. The van der Waals surface area contributed by atoms with Crippen molar-refractivity contribution in [3.8, 4) is 5.75 Å². The molecule has 0 N–H and O–H groups in total. The van der Waals surface area contributed by atoms with Crippen LogP contribution in [0.1, 0.15) is 6.92 Å². The quantitative estimate of drug-likeness (QED) is 0.420. The maximum atomic E-state index is 12.8. The molecule has 5 nitrogen and oxygen atoms in total. The summed E-state index contributed by atoms with van der Waals surface area (Å²) in [5.41, 5.74) is 1.35. The van der Waals surface area contributed by atoms with Gasteiger partial charge >= 0.3 is 5.97 Å². The number of carbonyl (C=O) groups excluding carboxylic acids is 1. The van der Waals surface area contributed by atoms with Crippen LogP contribution < -0.4 is 10.2 Å². The van der Waals surface area contributed by atoms with Gasteiger partial charge in [0.1, 0.15) is 5.75 Å². The van der Waals surface area contributed by atoms with Gasteiger partial charge in [-0.15, -0.1) is 0 Å². The van der Waals surface area contributed by atoms with Gasteiger partial charge in [0.05, 0.1) is 30.1 Å². The van der Waals surface area contributed by atoms with Gasteiger partial charge in [0, 0.05) is 17.7 Å². The highest BCUT2D eigenvalue weighted by atomic mass is 16.5. The van der Waals surface area contributed by atoms with Crippen LogP contribution in [0.25, 0.3) is 28.0 Å². The van der Waals surface area contributed by atoms with Gasteiger partial charge in [-0.25, -0.2) is 4.79 Å². The standard InChI is InChI=1S/C19H17NO4/c1-3-24-18(21)10-11-20-16-7-5-4-6-14(16)19(22)15-12-13(23-2)8-9-17(15)20/h4-12H,3H2,1-2H3/b11-10+. The van der Waals surface area contributed by atoms with Gasteiger partial charge in [0.25, 0.3) is 0 Å². The first kappa shape index (κ1) is 15.8. The molecule has 0 unspecified atom stereocenters. The minimum atomic E-state index is -0.429. The molecule has 0 aliphatic heterocycles. The van der Waals surface area contributed by atoms with Crippen LogP contribution in [-0.2, 0) is 9.53 Å². The minimum Gasteiger partial charge on any atom is -0.497 e. The van der Waals surface area contributed by atoms with Crippen molar-refractivity contribution >= 4 is 34.0 Å². The van der Waals surface area contributed by atoms with Gasteiger partial charge in [0.15, 0.2) is 5.43 Å². The van der Waals surface area contributed by atoms with Crippen molar-refractivity contribution in [1.82, 2.24) is 4.57 Å². The molecule has 2 aromatic carbocycles. The fourth-order valence-corrected chi connectivity index (χ4v) is 2.67. The summed E-state index contributed by atoms with van der Waals surface area (Å²) in [5, 5.41) is 1.10. The number of hydrogen-bond donors (Lipinski definition) is 0. The molecule has 0 atom stereocenters. The van der Waals surface area contributed by atoms with Crippen molar-refractivity contribution in [1.29, 1.82) is 0 Å². The number of nitrogens with zero attached hydrogens (tertiary/aromatic N) is 1. The van der Waals surface area contributed by atoms with E-state index in [9.17, 15) is 9.59 Å². The summed E-state index contributed by atoms with van der Waals surface area (Å²) in [6.45, 7) is 2.06. The largest absolute Gasteiger partial charge is 0.497 e. The van der Waals surface area contributed by atoms with Crippen molar-refractivity contribution < 1.29 is 14.3 Å². The molecule has 0 bridgehead atoms. The third-order valence-electron chi connectivity index (χ3n) is 3.76. The van der Waals surface area contributed by atoms with Crippen molar-refractivity contribution in [2.45, 2.75) is 6.92 Å². The fraction of sp³-hybridized carbons (Fsp3) is 0.158. The van der Waals surface area contributed by atoms with Gasteiger partial charge in [-0.05, 0) is 37.3 Å². The molecule has 0 saturated heterocycles. The molecule has 1 heterocycles. The van der Waals surface area contributed by atoms with Crippen LogP contribution in [0.15, 0.2) is 53.3 Å². The number of ether oxygens (including phenoxy) is 2. The summed E-state index contributed by atoms with van der Waals surface area (Å²) >= 11 is 0. The van der Waals surface area contributed by atoms with Crippen LogP contribution in [0.4, 0.5) is 0 Å². The third-order valence-corrected chi connectivity index (χ3v) is 3.76. The smallest absolute Gasteiger partial charge is 0.332 e. The van der Waals surface area contributed by atoms with E-state index < -0.39 is 5.97 Å². The van der Waals surface area contributed by atoms with E-state index in [4.69, 9.17) is 9.47 Å². The molecule has 0 radical (unpaired) electrons. The Labute approximate surface area is 138 Å². The summed E-state index contributed by atoms with van der Waals surface area (Å²) in [6.07, 6.45) is 2.97. The first-order chi connectivity index (χ1) is 11.7. The van der Waals surface area contributed by atoms with Gasteiger partial charge in [-0.2, -0.15) is 0 Å². The molecule has 1 aromatic heterocycles. The molecule has 0 saturated carbocycles. The fourth-order valence-electron chi connectivity index (χ4n) is 2.67. The maximum absolute atomic E-state index is 12.8. The lowest BCUT2D eigenvalue weighted by Gasteiger charge is -2.12. The van der Waals surface area contributed by atoms with Crippen molar-refractivity contribution in [3.63, 3.8) is 0 Å². The van der Waals surface area contributed by atoms with Crippen LogP contribution in [0.3, 0.4) is 0 Å². The molecule has 5 heteroatoms. The highest BCUT2D eigenvalue weighted by Gasteiger charge is 2.10. The van der Waals surface area contributed by atoms with E-state index in [0.29, 0.717) is 28.6 Å². The van der Waals surface area contributed by atoms with E-state index in [2.05, 4.69) is 0 Å². The number of benzene rings is 2.